The molecule has 1 heterocycles. The average Bonchev–Trinajstić information content (AvgIpc) is 2.27. The van der Waals surface area contributed by atoms with E-state index in [4.69, 9.17) is 10.5 Å². The molecular formula is C13H19NO3S. The lowest BCUT2D eigenvalue weighted by molar-refractivity contribution is 0.260. The van der Waals surface area contributed by atoms with Crippen molar-refractivity contribution in [1.29, 1.82) is 0 Å². The van der Waals surface area contributed by atoms with Crippen LogP contribution in [0.1, 0.15) is 24.3 Å². The van der Waals surface area contributed by atoms with Gasteiger partial charge in [0.25, 0.3) is 0 Å². The molecular weight excluding hydrogens is 250 g/mol. The smallest absolute Gasteiger partial charge is 0.148 e. The lowest BCUT2D eigenvalue weighted by Gasteiger charge is -2.27. The predicted molar refractivity (Wildman–Crippen MR) is 71.6 cm³/mol. The summed E-state index contributed by atoms with van der Waals surface area (Å²) in [5.41, 5.74) is 7.07. The fourth-order valence-electron chi connectivity index (χ4n) is 2.48. The lowest BCUT2D eigenvalue weighted by atomic mass is 9.88. The van der Waals surface area contributed by atoms with E-state index in [1.807, 2.05) is 24.3 Å². The van der Waals surface area contributed by atoms with Crippen LogP contribution in [-0.2, 0) is 9.84 Å². The summed E-state index contributed by atoms with van der Waals surface area (Å²) in [4.78, 5) is 0. The van der Waals surface area contributed by atoms with Crippen LogP contribution >= 0.6 is 0 Å². The summed E-state index contributed by atoms with van der Waals surface area (Å²) >= 11 is 0. The molecule has 0 fully saturated rings. The standard InChI is InChI=1S/C13H19NO3S/c1-18(15,16)9-11(14)8-10-6-7-17-13-5-3-2-4-12(10)13/h2-5,10-11H,6-9,14H2,1H3. The normalized spacial score (nSPS) is 20.9. The molecule has 0 aromatic heterocycles. The van der Waals surface area contributed by atoms with Crippen molar-refractivity contribution in [2.24, 2.45) is 5.73 Å². The Bertz CT molecular complexity index is 513. The van der Waals surface area contributed by atoms with Crippen molar-refractivity contribution in [3.8, 4) is 5.75 Å². The number of benzene rings is 1. The molecule has 0 radical (unpaired) electrons. The molecule has 18 heavy (non-hydrogen) atoms. The van der Waals surface area contributed by atoms with Crippen molar-refractivity contribution in [2.45, 2.75) is 24.8 Å². The van der Waals surface area contributed by atoms with Gasteiger partial charge in [-0.15, -0.1) is 0 Å². The number of sulfone groups is 1. The Morgan fingerprint density at radius 2 is 2.17 bits per heavy atom. The zero-order valence-corrected chi connectivity index (χ0v) is 11.3. The number of ether oxygens (including phenoxy) is 1. The number of hydrogen-bond donors (Lipinski definition) is 1. The molecule has 5 heteroatoms. The molecule has 0 aliphatic carbocycles. The first kappa shape index (κ1) is 13.4. The molecule has 1 aliphatic rings. The van der Waals surface area contributed by atoms with Crippen LogP contribution in [0, 0.1) is 0 Å². The summed E-state index contributed by atoms with van der Waals surface area (Å²) in [7, 11) is -3.01. The highest BCUT2D eigenvalue weighted by molar-refractivity contribution is 7.90. The third kappa shape index (κ3) is 3.46. The molecule has 0 spiro atoms. The Morgan fingerprint density at radius 3 is 2.89 bits per heavy atom. The first-order valence-electron chi connectivity index (χ1n) is 6.11. The summed E-state index contributed by atoms with van der Waals surface area (Å²) in [6.07, 6.45) is 2.81. The van der Waals surface area contributed by atoms with Gasteiger partial charge in [0.2, 0.25) is 0 Å². The summed E-state index contributed by atoms with van der Waals surface area (Å²) < 4.78 is 28.0. The molecule has 1 aromatic carbocycles. The fraction of sp³-hybridized carbons (Fsp3) is 0.538. The Kier molecular flexibility index (Phi) is 3.92. The molecule has 0 amide bonds. The van der Waals surface area contributed by atoms with Crippen molar-refractivity contribution >= 4 is 9.84 Å². The second-order valence-corrected chi connectivity index (χ2v) is 7.14. The minimum absolute atomic E-state index is 0.0481. The van der Waals surface area contributed by atoms with E-state index >= 15 is 0 Å². The zero-order valence-electron chi connectivity index (χ0n) is 10.5. The van der Waals surface area contributed by atoms with Gasteiger partial charge in [0.1, 0.15) is 15.6 Å². The third-order valence-electron chi connectivity index (χ3n) is 3.19. The van der Waals surface area contributed by atoms with Crippen LogP contribution < -0.4 is 10.5 Å². The quantitative estimate of drug-likeness (QED) is 0.895. The van der Waals surface area contributed by atoms with Crippen LogP contribution in [0.15, 0.2) is 24.3 Å². The van der Waals surface area contributed by atoms with E-state index < -0.39 is 9.84 Å². The van der Waals surface area contributed by atoms with Gasteiger partial charge in [-0.1, -0.05) is 18.2 Å². The van der Waals surface area contributed by atoms with E-state index in [2.05, 4.69) is 0 Å². The first-order valence-corrected chi connectivity index (χ1v) is 8.17. The summed E-state index contributed by atoms with van der Waals surface area (Å²) in [6, 6.07) is 7.59. The molecule has 0 saturated carbocycles. The minimum Gasteiger partial charge on any atom is -0.493 e. The molecule has 1 aliphatic heterocycles. The monoisotopic (exact) mass is 269 g/mol. The van der Waals surface area contributed by atoms with Gasteiger partial charge >= 0.3 is 0 Å². The molecule has 0 bridgehead atoms. The van der Waals surface area contributed by atoms with Gasteiger partial charge in [0, 0.05) is 12.3 Å². The zero-order chi connectivity index (χ0) is 13.2. The van der Waals surface area contributed by atoms with E-state index in [9.17, 15) is 8.42 Å². The van der Waals surface area contributed by atoms with Crippen LogP contribution in [0.2, 0.25) is 0 Å². The van der Waals surface area contributed by atoms with Gasteiger partial charge in [0.15, 0.2) is 0 Å². The first-order chi connectivity index (χ1) is 8.46. The van der Waals surface area contributed by atoms with Gasteiger partial charge in [-0.3, -0.25) is 0 Å². The molecule has 2 rings (SSSR count). The lowest BCUT2D eigenvalue weighted by Crippen LogP contribution is -2.32. The predicted octanol–water partition coefficient (Wildman–Crippen LogP) is 1.31. The van der Waals surface area contributed by atoms with Crippen LogP contribution in [0.25, 0.3) is 0 Å². The van der Waals surface area contributed by atoms with Gasteiger partial charge in [-0.25, -0.2) is 8.42 Å². The van der Waals surface area contributed by atoms with Crippen molar-refractivity contribution in [3.63, 3.8) is 0 Å². The van der Waals surface area contributed by atoms with E-state index in [0.29, 0.717) is 18.9 Å². The number of para-hydroxylation sites is 1. The SMILES string of the molecule is CS(=O)(=O)CC(N)CC1CCOc2ccccc21. The van der Waals surface area contributed by atoms with E-state index in [0.717, 1.165) is 17.7 Å². The topological polar surface area (TPSA) is 69.4 Å². The maximum atomic E-state index is 11.2. The maximum absolute atomic E-state index is 11.2. The molecule has 1 aromatic rings. The molecule has 2 unspecified atom stereocenters. The number of nitrogens with two attached hydrogens (primary N) is 1. The summed E-state index contributed by atoms with van der Waals surface area (Å²) in [5.74, 6) is 1.25. The molecule has 0 saturated heterocycles. The second-order valence-electron chi connectivity index (χ2n) is 4.96. The van der Waals surface area contributed by atoms with Gasteiger partial charge < -0.3 is 10.5 Å². The van der Waals surface area contributed by atoms with Crippen LogP contribution in [0.3, 0.4) is 0 Å². The van der Waals surface area contributed by atoms with Crippen molar-refractivity contribution in [1.82, 2.24) is 0 Å². The Morgan fingerprint density at radius 1 is 1.44 bits per heavy atom. The average molecular weight is 269 g/mol. The largest absolute Gasteiger partial charge is 0.493 e. The van der Waals surface area contributed by atoms with E-state index in [1.165, 1.54) is 6.26 Å². The molecule has 2 N–H and O–H groups in total. The van der Waals surface area contributed by atoms with E-state index in [1.54, 1.807) is 0 Å². The van der Waals surface area contributed by atoms with Crippen molar-refractivity contribution in [2.75, 3.05) is 18.6 Å². The second kappa shape index (κ2) is 5.28. The third-order valence-corrected chi connectivity index (χ3v) is 4.22. The molecule has 2 atom stereocenters. The highest BCUT2D eigenvalue weighted by atomic mass is 32.2. The number of fused-ring (bicyclic) bond motifs is 1. The summed E-state index contributed by atoms with van der Waals surface area (Å²) in [6.45, 7) is 0.674. The van der Waals surface area contributed by atoms with Crippen LogP contribution in [0.4, 0.5) is 0 Å². The Hall–Kier alpha value is -1.07. The Balaban J connectivity index is 2.07. The fourth-order valence-corrected chi connectivity index (χ4v) is 3.40. The molecule has 4 nitrogen and oxygen atoms in total. The van der Waals surface area contributed by atoms with Crippen molar-refractivity contribution < 1.29 is 13.2 Å². The van der Waals surface area contributed by atoms with Crippen LogP contribution in [-0.4, -0.2) is 33.1 Å². The summed E-state index contributed by atoms with van der Waals surface area (Å²) in [5, 5.41) is 0. The van der Waals surface area contributed by atoms with Gasteiger partial charge in [-0.2, -0.15) is 0 Å². The van der Waals surface area contributed by atoms with Gasteiger partial charge in [-0.05, 0) is 30.4 Å². The molecule has 100 valence electrons. The van der Waals surface area contributed by atoms with E-state index in [-0.39, 0.29) is 11.8 Å². The van der Waals surface area contributed by atoms with Crippen molar-refractivity contribution in [3.05, 3.63) is 29.8 Å². The van der Waals surface area contributed by atoms with Gasteiger partial charge in [0.05, 0.1) is 12.4 Å². The minimum atomic E-state index is -3.01. The highest BCUT2D eigenvalue weighted by Crippen LogP contribution is 2.35. The Labute approximate surface area is 108 Å². The van der Waals surface area contributed by atoms with Crippen LogP contribution in [0.5, 0.6) is 5.75 Å². The maximum Gasteiger partial charge on any atom is 0.148 e. The number of hydrogen-bond acceptors (Lipinski definition) is 4. The highest BCUT2D eigenvalue weighted by Gasteiger charge is 2.24. The number of rotatable bonds is 4.